The second-order valence-corrected chi connectivity index (χ2v) is 4.85. The molecule has 5 heteroatoms. The Morgan fingerprint density at radius 2 is 2.05 bits per heavy atom. The lowest BCUT2D eigenvalue weighted by molar-refractivity contribution is 0.317. The van der Waals surface area contributed by atoms with Crippen LogP contribution in [0, 0.1) is 0 Å². The minimum Gasteiger partial charge on any atom is -0.494 e. The Balaban J connectivity index is 2.20. The molecule has 1 aromatic carbocycles. The first kappa shape index (κ1) is 15.3. The van der Waals surface area contributed by atoms with Gasteiger partial charge < -0.3 is 15.5 Å². The van der Waals surface area contributed by atoms with Gasteiger partial charge >= 0.3 is 0 Å². The van der Waals surface area contributed by atoms with Crippen LogP contribution in [0.1, 0.15) is 25.5 Å². The number of rotatable bonds is 7. The number of nitrogens with two attached hydrogens (primary N) is 1. The number of benzene rings is 1. The third-order valence-electron chi connectivity index (χ3n) is 3.03. The van der Waals surface area contributed by atoms with E-state index in [2.05, 4.69) is 16.9 Å². The Kier molecular flexibility index (Phi) is 5.51. The minimum absolute atomic E-state index is 0.140. The summed E-state index contributed by atoms with van der Waals surface area (Å²) in [4.78, 5) is 18.9. The third-order valence-corrected chi connectivity index (χ3v) is 3.03. The van der Waals surface area contributed by atoms with E-state index in [0.29, 0.717) is 25.4 Å². The summed E-state index contributed by atoms with van der Waals surface area (Å²) in [5.41, 5.74) is 6.99. The quantitative estimate of drug-likeness (QED) is 0.817. The number of aryl methyl sites for hydroxylation is 1. The highest BCUT2D eigenvalue weighted by Crippen LogP contribution is 2.19. The molecule has 5 nitrogen and oxygen atoms in total. The van der Waals surface area contributed by atoms with Gasteiger partial charge in [-0.15, -0.1) is 0 Å². The molecule has 2 rings (SSSR count). The largest absolute Gasteiger partial charge is 0.494 e. The van der Waals surface area contributed by atoms with Crippen molar-refractivity contribution in [2.24, 2.45) is 5.73 Å². The van der Waals surface area contributed by atoms with Crippen LogP contribution >= 0.6 is 0 Å². The van der Waals surface area contributed by atoms with Gasteiger partial charge in [0.1, 0.15) is 11.6 Å². The number of hydrogen-bond acceptors (Lipinski definition) is 4. The summed E-state index contributed by atoms with van der Waals surface area (Å²) in [5, 5.41) is 0. The predicted octanol–water partition coefficient (Wildman–Crippen LogP) is 2.12. The van der Waals surface area contributed by atoms with Gasteiger partial charge in [0.05, 0.1) is 6.61 Å². The van der Waals surface area contributed by atoms with Crippen molar-refractivity contribution >= 4 is 0 Å². The SMILES string of the molecule is CCCOc1ccc(-c2nc(CCCN)cc(=O)[nH]2)cc1. The van der Waals surface area contributed by atoms with E-state index in [9.17, 15) is 4.79 Å². The van der Waals surface area contributed by atoms with Gasteiger partial charge in [-0.2, -0.15) is 0 Å². The van der Waals surface area contributed by atoms with E-state index >= 15 is 0 Å². The molecule has 0 aliphatic heterocycles. The highest BCUT2D eigenvalue weighted by Gasteiger charge is 2.04. The summed E-state index contributed by atoms with van der Waals surface area (Å²) >= 11 is 0. The van der Waals surface area contributed by atoms with Gasteiger partial charge in [0.2, 0.25) is 0 Å². The molecule has 0 amide bonds. The fraction of sp³-hybridized carbons (Fsp3) is 0.375. The second-order valence-electron chi connectivity index (χ2n) is 4.85. The maximum Gasteiger partial charge on any atom is 0.251 e. The molecule has 0 saturated carbocycles. The zero-order valence-electron chi connectivity index (χ0n) is 12.3. The highest BCUT2D eigenvalue weighted by atomic mass is 16.5. The van der Waals surface area contributed by atoms with Gasteiger partial charge in [-0.25, -0.2) is 4.98 Å². The van der Waals surface area contributed by atoms with E-state index in [1.54, 1.807) is 0 Å². The first-order valence-corrected chi connectivity index (χ1v) is 7.26. The van der Waals surface area contributed by atoms with E-state index < -0.39 is 0 Å². The number of hydrogen-bond donors (Lipinski definition) is 2. The van der Waals surface area contributed by atoms with Gasteiger partial charge in [-0.05, 0) is 50.1 Å². The standard InChI is InChI=1S/C16H21N3O2/c1-2-10-21-14-7-5-12(6-8-14)16-18-13(4-3-9-17)11-15(20)19-16/h5-8,11H,2-4,9-10,17H2,1H3,(H,18,19,20). The molecule has 0 bridgehead atoms. The molecule has 0 saturated heterocycles. The fourth-order valence-electron chi connectivity index (χ4n) is 1.98. The van der Waals surface area contributed by atoms with E-state index in [0.717, 1.165) is 29.8 Å². The smallest absolute Gasteiger partial charge is 0.251 e. The van der Waals surface area contributed by atoms with E-state index in [-0.39, 0.29) is 5.56 Å². The molecule has 0 spiro atoms. The molecule has 21 heavy (non-hydrogen) atoms. The molecule has 0 aliphatic carbocycles. The lowest BCUT2D eigenvalue weighted by Gasteiger charge is -2.07. The van der Waals surface area contributed by atoms with Crippen LogP contribution in [-0.2, 0) is 6.42 Å². The van der Waals surface area contributed by atoms with Crippen LogP contribution in [0.5, 0.6) is 5.75 Å². The maximum absolute atomic E-state index is 11.7. The monoisotopic (exact) mass is 287 g/mol. The molecule has 3 N–H and O–H groups in total. The average molecular weight is 287 g/mol. The summed E-state index contributed by atoms with van der Waals surface area (Å²) in [5.74, 6) is 1.40. The average Bonchev–Trinajstić information content (AvgIpc) is 2.51. The number of nitrogens with one attached hydrogen (secondary N) is 1. The van der Waals surface area contributed by atoms with Gasteiger partial charge in [0, 0.05) is 17.3 Å². The summed E-state index contributed by atoms with van der Waals surface area (Å²) in [6, 6.07) is 9.10. The molecule has 0 radical (unpaired) electrons. The summed E-state index contributed by atoms with van der Waals surface area (Å²) < 4.78 is 5.54. The number of nitrogens with zero attached hydrogens (tertiary/aromatic N) is 1. The molecule has 0 atom stereocenters. The van der Waals surface area contributed by atoms with E-state index in [1.165, 1.54) is 6.07 Å². The van der Waals surface area contributed by atoms with Crippen LogP contribution in [0.4, 0.5) is 0 Å². The number of ether oxygens (including phenoxy) is 1. The van der Waals surface area contributed by atoms with Crippen LogP contribution in [0.15, 0.2) is 35.1 Å². The molecule has 1 aromatic heterocycles. The zero-order valence-corrected chi connectivity index (χ0v) is 12.3. The molecular weight excluding hydrogens is 266 g/mol. The molecule has 1 heterocycles. The first-order valence-electron chi connectivity index (χ1n) is 7.26. The predicted molar refractivity (Wildman–Crippen MR) is 83.5 cm³/mol. The normalized spacial score (nSPS) is 10.6. The second kappa shape index (κ2) is 7.59. The van der Waals surface area contributed by atoms with Crippen LogP contribution in [-0.4, -0.2) is 23.1 Å². The zero-order chi connectivity index (χ0) is 15.1. The molecular formula is C16H21N3O2. The molecule has 2 aromatic rings. The lowest BCUT2D eigenvalue weighted by atomic mass is 10.2. The van der Waals surface area contributed by atoms with Gasteiger partial charge in [0.25, 0.3) is 5.56 Å². The minimum atomic E-state index is -0.140. The van der Waals surface area contributed by atoms with Crippen LogP contribution in [0.2, 0.25) is 0 Å². The first-order chi connectivity index (χ1) is 10.2. The van der Waals surface area contributed by atoms with Crippen molar-refractivity contribution in [1.82, 2.24) is 9.97 Å². The van der Waals surface area contributed by atoms with Crippen molar-refractivity contribution < 1.29 is 4.74 Å². The lowest BCUT2D eigenvalue weighted by Crippen LogP contribution is -2.11. The van der Waals surface area contributed by atoms with Gasteiger partial charge in [-0.1, -0.05) is 6.92 Å². The molecule has 112 valence electrons. The molecule has 0 aliphatic rings. The number of H-pyrrole nitrogens is 1. The Hall–Kier alpha value is -2.14. The topological polar surface area (TPSA) is 81.0 Å². The fourth-order valence-corrected chi connectivity index (χ4v) is 1.98. The summed E-state index contributed by atoms with van der Waals surface area (Å²) in [6.07, 6.45) is 2.50. The number of aromatic amines is 1. The van der Waals surface area contributed by atoms with Crippen molar-refractivity contribution in [2.45, 2.75) is 26.2 Å². The summed E-state index contributed by atoms with van der Waals surface area (Å²) in [7, 11) is 0. The Morgan fingerprint density at radius 1 is 1.29 bits per heavy atom. The number of aromatic nitrogens is 2. The van der Waals surface area contributed by atoms with Crippen LogP contribution < -0.4 is 16.0 Å². The van der Waals surface area contributed by atoms with Crippen molar-refractivity contribution in [3.05, 3.63) is 46.4 Å². The maximum atomic E-state index is 11.7. The molecule has 0 fully saturated rings. The van der Waals surface area contributed by atoms with Crippen molar-refractivity contribution in [3.63, 3.8) is 0 Å². The van der Waals surface area contributed by atoms with Crippen molar-refractivity contribution in [1.29, 1.82) is 0 Å². The highest BCUT2D eigenvalue weighted by molar-refractivity contribution is 5.56. The van der Waals surface area contributed by atoms with E-state index in [4.69, 9.17) is 10.5 Å². The van der Waals surface area contributed by atoms with Crippen molar-refractivity contribution in [2.75, 3.05) is 13.2 Å². The Labute approximate surface area is 124 Å². The summed E-state index contributed by atoms with van der Waals surface area (Å²) in [6.45, 7) is 3.35. The van der Waals surface area contributed by atoms with Crippen LogP contribution in [0.25, 0.3) is 11.4 Å². The van der Waals surface area contributed by atoms with Crippen molar-refractivity contribution in [3.8, 4) is 17.1 Å². The third kappa shape index (κ3) is 4.43. The Bertz CT molecular complexity index is 620. The van der Waals surface area contributed by atoms with Crippen LogP contribution in [0.3, 0.4) is 0 Å². The molecule has 0 unspecified atom stereocenters. The van der Waals surface area contributed by atoms with Gasteiger partial charge in [0.15, 0.2) is 0 Å². The Morgan fingerprint density at radius 3 is 2.71 bits per heavy atom. The van der Waals surface area contributed by atoms with Gasteiger partial charge in [-0.3, -0.25) is 4.79 Å². The van der Waals surface area contributed by atoms with E-state index in [1.807, 2.05) is 24.3 Å².